The quantitative estimate of drug-likeness (QED) is 0.197. The van der Waals surface area contributed by atoms with Crippen LogP contribution in [0.5, 0.6) is 0 Å². The fourth-order valence-corrected chi connectivity index (χ4v) is 7.63. The van der Waals surface area contributed by atoms with Crippen molar-refractivity contribution in [3.05, 3.63) is 156 Å². The van der Waals surface area contributed by atoms with Crippen molar-refractivity contribution < 1.29 is 4.42 Å². The number of fused-ring (bicyclic) bond motifs is 15. The van der Waals surface area contributed by atoms with Crippen molar-refractivity contribution in [2.45, 2.75) is 5.41 Å². The summed E-state index contributed by atoms with van der Waals surface area (Å²) in [6, 6.07) is 45.6. The Balaban J connectivity index is 1.31. The first-order chi connectivity index (χ1) is 20.8. The number of para-hydroxylation sites is 1. The van der Waals surface area contributed by atoms with E-state index in [-0.39, 0.29) is 0 Å². The molecule has 0 aliphatic heterocycles. The van der Waals surface area contributed by atoms with E-state index in [9.17, 15) is 0 Å². The lowest BCUT2D eigenvalue weighted by Gasteiger charge is -2.30. The number of aromatic nitrogens is 2. The molecule has 10 rings (SSSR count). The van der Waals surface area contributed by atoms with Gasteiger partial charge in [-0.2, -0.15) is 0 Å². The standard InChI is InChI=1S/C39H22N2O/c1-4-12-30-26(9-1)27-19-17-25(33-20-18-24-16-15-23-8-7-21-40-36(23)37(24)41-33)22-32(27)39(30)31-13-5-2-10-28(31)38-35(39)29-11-3-6-14-34(29)42-38/h1-22H. The van der Waals surface area contributed by atoms with Crippen LogP contribution in [0.25, 0.3) is 66.5 Å². The Morgan fingerprint density at radius 2 is 1.26 bits per heavy atom. The van der Waals surface area contributed by atoms with Crippen LogP contribution >= 0.6 is 0 Å². The minimum atomic E-state index is -0.481. The first-order valence-corrected chi connectivity index (χ1v) is 14.3. The second kappa shape index (κ2) is 7.80. The van der Waals surface area contributed by atoms with Gasteiger partial charge in [0, 0.05) is 39.0 Å². The molecular formula is C39H22N2O. The van der Waals surface area contributed by atoms with Crippen molar-refractivity contribution in [2.75, 3.05) is 0 Å². The zero-order chi connectivity index (χ0) is 27.4. The second-order valence-corrected chi connectivity index (χ2v) is 11.3. The van der Waals surface area contributed by atoms with Crippen molar-refractivity contribution in [3.8, 4) is 33.7 Å². The van der Waals surface area contributed by atoms with Gasteiger partial charge in [0.1, 0.15) is 11.3 Å². The molecule has 8 aromatic rings. The van der Waals surface area contributed by atoms with Crippen molar-refractivity contribution in [2.24, 2.45) is 0 Å². The third kappa shape index (κ3) is 2.62. The van der Waals surface area contributed by atoms with Gasteiger partial charge in [0.15, 0.2) is 0 Å². The van der Waals surface area contributed by atoms with E-state index in [4.69, 9.17) is 9.40 Å². The van der Waals surface area contributed by atoms with Gasteiger partial charge >= 0.3 is 0 Å². The van der Waals surface area contributed by atoms with E-state index in [1.807, 2.05) is 12.3 Å². The molecule has 5 aromatic carbocycles. The highest BCUT2D eigenvalue weighted by Gasteiger charge is 2.54. The summed E-state index contributed by atoms with van der Waals surface area (Å²) in [6.45, 7) is 0. The predicted molar refractivity (Wildman–Crippen MR) is 169 cm³/mol. The normalized spacial score (nSPS) is 16.2. The van der Waals surface area contributed by atoms with Crippen LogP contribution in [-0.2, 0) is 5.41 Å². The number of hydrogen-bond acceptors (Lipinski definition) is 3. The molecule has 0 fully saturated rings. The van der Waals surface area contributed by atoms with Gasteiger partial charge in [-0.15, -0.1) is 0 Å². The average Bonchev–Trinajstić information content (AvgIpc) is 3.68. The molecule has 3 heterocycles. The van der Waals surface area contributed by atoms with Crippen LogP contribution in [0.4, 0.5) is 0 Å². The van der Waals surface area contributed by atoms with Crippen LogP contribution in [0, 0.1) is 0 Å². The van der Waals surface area contributed by atoms with Gasteiger partial charge in [-0.25, -0.2) is 4.98 Å². The molecule has 0 saturated carbocycles. The highest BCUT2D eigenvalue weighted by Crippen LogP contribution is 2.65. The van der Waals surface area contributed by atoms with Gasteiger partial charge in [0.05, 0.1) is 22.1 Å². The number of rotatable bonds is 1. The van der Waals surface area contributed by atoms with Gasteiger partial charge in [0.2, 0.25) is 0 Å². The molecule has 2 aliphatic rings. The Labute approximate surface area is 241 Å². The summed E-state index contributed by atoms with van der Waals surface area (Å²) in [5.74, 6) is 0.973. The molecule has 0 N–H and O–H groups in total. The Morgan fingerprint density at radius 1 is 0.548 bits per heavy atom. The molecule has 0 saturated heterocycles. The van der Waals surface area contributed by atoms with Crippen LogP contribution in [0.15, 0.2) is 138 Å². The smallest absolute Gasteiger partial charge is 0.140 e. The van der Waals surface area contributed by atoms with E-state index in [1.165, 1.54) is 33.4 Å². The second-order valence-electron chi connectivity index (χ2n) is 11.3. The molecule has 194 valence electrons. The average molecular weight is 535 g/mol. The maximum Gasteiger partial charge on any atom is 0.140 e. The highest BCUT2D eigenvalue weighted by molar-refractivity contribution is 6.04. The summed E-state index contributed by atoms with van der Waals surface area (Å²) in [4.78, 5) is 9.90. The first-order valence-electron chi connectivity index (χ1n) is 14.3. The van der Waals surface area contributed by atoms with Crippen molar-refractivity contribution in [1.29, 1.82) is 0 Å². The third-order valence-electron chi connectivity index (χ3n) is 9.32. The Morgan fingerprint density at radius 3 is 2.17 bits per heavy atom. The molecule has 1 unspecified atom stereocenters. The molecule has 2 aliphatic carbocycles. The molecular weight excluding hydrogens is 512 g/mol. The van der Waals surface area contributed by atoms with E-state index in [1.54, 1.807) is 0 Å². The van der Waals surface area contributed by atoms with Gasteiger partial charge in [-0.3, -0.25) is 4.98 Å². The zero-order valence-corrected chi connectivity index (χ0v) is 22.5. The van der Waals surface area contributed by atoms with Crippen molar-refractivity contribution in [1.82, 2.24) is 9.97 Å². The fourth-order valence-electron chi connectivity index (χ4n) is 7.63. The Kier molecular flexibility index (Phi) is 4.12. The van der Waals surface area contributed by atoms with E-state index < -0.39 is 5.41 Å². The summed E-state index contributed by atoms with van der Waals surface area (Å²) in [7, 11) is 0. The molecule has 1 spiro atoms. The lowest BCUT2D eigenvalue weighted by molar-refractivity contribution is 0.628. The maximum atomic E-state index is 6.64. The van der Waals surface area contributed by atoms with Gasteiger partial charge < -0.3 is 4.42 Å². The summed E-state index contributed by atoms with van der Waals surface area (Å²) >= 11 is 0. The number of nitrogens with zero attached hydrogens (tertiary/aromatic N) is 2. The molecule has 0 radical (unpaired) electrons. The molecule has 42 heavy (non-hydrogen) atoms. The van der Waals surface area contributed by atoms with E-state index in [0.717, 1.165) is 55.4 Å². The molecule has 1 atom stereocenters. The maximum absolute atomic E-state index is 6.64. The summed E-state index contributed by atoms with van der Waals surface area (Å²) < 4.78 is 6.64. The van der Waals surface area contributed by atoms with Crippen LogP contribution in [0.1, 0.15) is 22.3 Å². The summed E-state index contributed by atoms with van der Waals surface area (Å²) in [5.41, 5.74) is 13.1. The largest absolute Gasteiger partial charge is 0.456 e. The van der Waals surface area contributed by atoms with Gasteiger partial charge in [-0.1, -0.05) is 103 Å². The van der Waals surface area contributed by atoms with E-state index in [0.29, 0.717) is 0 Å². The molecule has 0 bridgehead atoms. The van der Waals surface area contributed by atoms with E-state index >= 15 is 0 Å². The molecule has 3 aromatic heterocycles. The molecule has 0 amide bonds. The summed E-state index contributed by atoms with van der Waals surface area (Å²) in [6.07, 6.45) is 1.84. The molecule has 3 heteroatoms. The minimum absolute atomic E-state index is 0.481. The number of furan rings is 1. The van der Waals surface area contributed by atoms with Crippen LogP contribution in [0.3, 0.4) is 0 Å². The SMILES string of the molecule is c1ccc2c(c1)-c1ccc(-c3ccc4ccc5cccnc5c4n3)cc1C21c2ccccc2-c2oc3ccccc3c21. The molecule has 3 nitrogen and oxygen atoms in total. The predicted octanol–water partition coefficient (Wildman–Crippen LogP) is 9.54. The number of hydrogen-bond donors (Lipinski definition) is 0. The topological polar surface area (TPSA) is 38.9 Å². The number of benzene rings is 5. The van der Waals surface area contributed by atoms with Crippen LogP contribution < -0.4 is 0 Å². The monoisotopic (exact) mass is 534 g/mol. The third-order valence-corrected chi connectivity index (χ3v) is 9.32. The highest BCUT2D eigenvalue weighted by atomic mass is 16.3. The minimum Gasteiger partial charge on any atom is -0.456 e. The van der Waals surface area contributed by atoms with Gasteiger partial charge in [-0.05, 0) is 52.1 Å². The Hall–Kier alpha value is -5.54. The van der Waals surface area contributed by atoms with Gasteiger partial charge in [0.25, 0.3) is 0 Å². The van der Waals surface area contributed by atoms with Crippen LogP contribution in [0.2, 0.25) is 0 Å². The zero-order valence-electron chi connectivity index (χ0n) is 22.5. The van der Waals surface area contributed by atoms with Crippen molar-refractivity contribution in [3.63, 3.8) is 0 Å². The van der Waals surface area contributed by atoms with Crippen LogP contribution in [-0.4, -0.2) is 9.97 Å². The fraction of sp³-hybridized carbons (Fsp3) is 0.0256. The van der Waals surface area contributed by atoms with E-state index in [2.05, 4.69) is 126 Å². The number of pyridine rings is 2. The first kappa shape index (κ1) is 22.2. The Bertz CT molecular complexity index is 2430. The lowest BCUT2D eigenvalue weighted by Crippen LogP contribution is -2.25. The van der Waals surface area contributed by atoms with Crippen molar-refractivity contribution >= 4 is 32.8 Å². The lowest BCUT2D eigenvalue weighted by atomic mass is 9.70. The summed E-state index contributed by atoms with van der Waals surface area (Å²) in [5, 5.41) is 3.35.